The zero-order valence-corrected chi connectivity index (χ0v) is 23.1. The summed E-state index contributed by atoms with van der Waals surface area (Å²) in [5.74, 6) is 8.81. The van der Waals surface area contributed by atoms with E-state index in [0.29, 0.717) is 12.1 Å². The Hall–Kier alpha value is -4.18. The van der Waals surface area contributed by atoms with Gasteiger partial charge in [0.1, 0.15) is 11.6 Å². The van der Waals surface area contributed by atoms with Gasteiger partial charge >= 0.3 is 0 Å². The number of nitrogens with one attached hydrogen (secondary N) is 2. The molecule has 0 spiro atoms. The molecule has 2 unspecified atom stereocenters. The number of benzene rings is 3. The predicted octanol–water partition coefficient (Wildman–Crippen LogP) is 6.55. The highest BCUT2D eigenvalue weighted by Crippen LogP contribution is 2.32. The smallest absolute Gasteiger partial charge is 0.123 e. The molecule has 40 heavy (non-hydrogen) atoms. The van der Waals surface area contributed by atoms with Crippen molar-refractivity contribution in [1.29, 1.82) is 0 Å². The van der Waals surface area contributed by atoms with Gasteiger partial charge < -0.3 is 9.97 Å². The molecule has 2 fully saturated rings. The van der Waals surface area contributed by atoms with E-state index < -0.39 is 0 Å². The third-order valence-corrected chi connectivity index (χ3v) is 8.56. The third-order valence-electron chi connectivity index (χ3n) is 8.56. The number of H-pyrrole nitrogens is 2. The van der Waals surface area contributed by atoms with Crippen LogP contribution in [-0.2, 0) is 0 Å². The number of likely N-dealkylation sites (tertiary alicyclic amines) is 2. The van der Waals surface area contributed by atoms with Crippen molar-refractivity contribution in [1.82, 2.24) is 29.7 Å². The third kappa shape index (κ3) is 4.83. The Morgan fingerprint density at radius 3 is 1.80 bits per heavy atom. The van der Waals surface area contributed by atoms with E-state index in [2.05, 4.69) is 111 Å². The molecule has 5 aromatic rings. The average molecular weight is 527 g/mol. The molecule has 6 heteroatoms. The first-order valence-electron chi connectivity index (χ1n) is 14.3. The van der Waals surface area contributed by atoms with Crippen LogP contribution in [0.4, 0.5) is 0 Å². The molecule has 4 heterocycles. The Balaban J connectivity index is 1.05. The van der Waals surface area contributed by atoms with Crippen LogP contribution in [0, 0.1) is 11.8 Å². The maximum atomic E-state index is 4.69. The summed E-state index contributed by atoms with van der Waals surface area (Å²) in [6.45, 7) is 2.27. The summed E-state index contributed by atoms with van der Waals surface area (Å²) in [7, 11) is 4.35. The molecule has 0 saturated carbocycles. The molecule has 200 valence electrons. The first-order valence-corrected chi connectivity index (χ1v) is 14.3. The normalized spacial score (nSPS) is 19.8. The second kappa shape index (κ2) is 10.4. The van der Waals surface area contributed by atoms with Gasteiger partial charge in [-0.1, -0.05) is 42.2 Å². The Labute approximate surface area is 235 Å². The molecule has 2 N–H and O–H groups in total. The molecule has 2 saturated heterocycles. The summed E-state index contributed by atoms with van der Waals surface area (Å²) in [4.78, 5) is 21.2. The second-order valence-electron chi connectivity index (χ2n) is 11.2. The van der Waals surface area contributed by atoms with Gasteiger partial charge in [0.25, 0.3) is 0 Å². The fourth-order valence-corrected chi connectivity index (χ4v) is 6.19. The van der Waals surface area contributed by atoms with E-state index in [1.54, 1.807) is 0 Å². The zero-order valence-electron chi connectivity index (χ0n) is 23.1. The van der Waals surface area contributed by atoms with Crippen molar-refractivity contribution < 1.29 is 0 Å². The minimum atomic E-state index is 0.397. The Kier molecular flexibility index (Phi) is 6.47. The predicted molar refractivity (Wildman–Crippen MR) is 161 cm³/mol. The largest absolute Gasteiger partial charge is 0.341 e. The van der Waals surface area contributed by atoms with Crippen LogP contribution in [-0.4, -0.2) is 56.9 Å². The van der Waals surface area contributed by atoms with Crippen molar-refractivity contribution in [3.63, 3.8) is 0 Å². The average Bonchev–Trinajstić information content (AvgIpc) is 3.79. The molecule has 0 radical (unpaired) electrons. The van der Waals surface area contributed by atoms with Crippen LogP contribution >= 0.6 is 0 Å². The van der Waals surface area contributed by atoms with Gasteiger partial charge in [0.05, 0.1) is 35.9 Å². The molecule has 3 aromatic carbocycles. The van der Waals surface area contributed by atoms with Gasteiger partial charge in [0.2, 0.25) is 0 Å². The maximum Gasteiger partial charge on any atom is 0.123 e. The van der Waals surface area contributed by atoms with Crippen molar-refractivity contribution in [2.75, 3.05) is 27.2 Å². The van der Waals surface area contributed by atoms with E-state index in [-0.39, 0.29) is 0 Å². The van der Waals surface area contributed by atoms with Crippen molar-refractivity contribution in [2.45, 2.75) is 37.8 Å². The highest BCUT2D eigenvalue weighted by Gasteiger charge is 2.26. The van der Waals surface area contributed by atoms with Gasteiger partial charge in [-0.05, 0) is 99.5 Å². The van der Waals surface area contributed by atoms with Crippen LogP contribution in [0.15, 0.2) is 73.1 Å². The Bertz CT molecular complexity index is 1720. The lowest BCUT2D eigenvalue weighted by atomic mass is 10.0. The van der Waals surface area contributed by atoms with Crippen LogP contribution in [0.25, 0.3) is 33.3 Å². The van der Waals surface area contributed by atoms with Crippen LogP contribution in [0.1, 0.15) is 60.5 Å². The molecular weight excluding hydrogens is 492 g/mol. The van der Waals surface area contributed by atoms with Crippen molar-refractivity contribution in [3.05, 3.63) is 95.8 Å². The first-order chi connectivity index (χ1) is 19.6. The number of nitrogens with zero attached hydrogens (tertiary/aromatic N) is 4. The standard InChI is InChI=1S/C34H34N6/c1-39-17-3-5-31(39)33-35-21-29(37-33)25-12-9-23(10-13-25)7-8-24-11-14-27-20-28(16-15-26(27)19-24)30-22-36-34(38-30)32-6-4-18-40(32)2/h9-16,19-22,31-32H,3-6,17-18H2,1-2H3,(H,35,37)(H,36,38). The summed E-state index contributed by atoms with van der Waals surface area (Å²) in [6.07, 6.45) is 8.70. The quantitative estimate of drug-likeness (QED) is 0.261. The number of rotatable bonds is 4. The summed E-state index contributed by atoms with van der Waals surface area (Å²) >= 11 is 0. The van der Waals surface area contributed by atoms with Crippen LogP contribution in [0.5, 0.6) is 0 Å². The molecule has 7 rings (SSSR count). The number of fused-ring (bicyclic) bond motifs is 1. The fraction of sp³-hybridized carbons (Fsp3) is 0.294. The molecule has 0 aliphatic carbocycles. The van der Waals surface area contributed by atoms with Gasteiger partial charge in [-0.25, -0.2) is 9.97 Å². The van der Waals surface area contributed by atoms with Crippen molar-refractivity contribution in [2.24, 2.45) is 0 Å². The van der Waals surface area contributed by atoms with E-state index in [0.717, 1.165) is 64.8 Å². The zero-order chi connectivity index (χ0) is 27.1. The first kappa shape index (κ1) is 24.8. The number of aromatic amines is 2. The van der Waals surface area contributed by atoms with E-state index in [1.807, 2.05) is 12.4 Å². The second-order valence-corrected chi connectivity index (χ2v) is 11.2. The lowest BCUT2D eigenvalue weighted by Gasteiger charge is -2.16. The summed E-state index contributed by atoms with van der Waals surface area (Å²) < 4.78 is 0. The topological polar surface area (TPSA) is 63.8 Å². The summed E-state index contributed by atoms with van der Waals surface area (Å²) in [6, 6.07) is 22.2. The van der Waals surface area contributed by atoms with E-state index >= 15 is 0 Å². The molecule has 2 aliphatic heterocycles. The number of hydrogen-bond acceptors (Lipinski definition) is 4. The Morgan fingerprint density at radius 1 is 0.650 bits per heavy atom. The number of aromatic nitrogens is 4. The lowest BCUT2D eigenvalue weighted by molar-refractivity contribution is 0.307. The van der Waals surface area contributed by atoms with Crippen LogP contribution in [0.3, 0.4) is 0 Å². The van der Waals surface area contributed by atoms with Gasteiger partial charge in [-0.2, -0.15) is 0 Å². The number of imidazole rings is 2. The summed E-state index contributed by atoms with van der Waals surface area (Å²) in [5.41, 5.74) is 6.42. The van der Waals surface area contributed by atoms with Crippen molar-refractivity contribution in [3.8, 4) is 34.4 Å². The molecule has 0 bridgehead atoms. The van der Waals surface area contributed by atoms with E-state index in [1.165, 1.54) is 30.0 Å². The maximum absolute atomic E-state index is 4.69. The monoisotopic (exact) mass is 526 g/mol. The van der Waals surface area contributed by atoms with Gasteiger partial charge in [0.15, 0.2) is 0 Å². The molecule has 2 aliphatic rings. The van der Waals surface area contributed by atoms with Crippen molar-refractivity contribution >= 4 is 10.8 Å². The number of hydrogen-bond donors (Lipinski definition) is 2. The molecular formula is C34H34N6. The van der Waals surface area contributed by atoms with Crippen LogP contribution in [0.2, 0.25) is 0 Å². The van der Waals surface area contributed by atoms with Crippen LogP contribution < -0.4 is 0 Å². The fourth-order valence-electron chi connectivity index (χ4n) is 6.19. The minimum absolute atomic E-state index is 0.397. The minimum Gasteiger partial charge on any atom is -0.341 e. The van der Waals surface area contributed by atoms with Gasteiger partial charge in [0, 0.05) is 16.7 Å². The molecule has 6 nitrogen and oxygen atoms in total. The van der Waals surface area contributed by atoms with E-state index in [4.69, 9.17) is 4.98 Å². The van der Waals surface area contributed by atoms with E-state index in [9.17, 15) is 0 Å². The molecule has 2 aromatic heterocycles. The Morgan fingerprint density at radius 2 is 1.18 bits per heavy atom. The molecule has 0 amide bonds. The highest BCUT2D eigenvalue weighted by atomic mass is 15.2. The SMILES string of the molecule is CN1CCCC1c1ncc(-c2ccc(C#Cc3ccc4cc(-c5cnc(C6CCCN6C)[nH]5)ccc4c3)cc2)[nH]1. The lowest BCUT2D eigenvalue weighted by Crippen LogP contribution is -2.18. The highest BCUT2D eigenvalue weighted by molar-refractivity contribution is 5.88. The summed E-state index contributed by atoms with van der Waals surface area (Å²) in [5, 5.41) is 2.38. The van der Waals surface area contributed by atoms with Gasteiger partial charge in [-0.15, -0.1) is 0 Å². The van der Waals surface area contributed by atoms with Gasteiger partial charge in [-0.3, -0.25) is 9.80 Å². The molecule has 2 atom stereocenters.